The van der Waals surface area contributed by atoms with Crippen molar-refractivity contribution in [3.8, 4) is 5.75 Å². The quantitative estimate of drug-likeness (QED) is 0.683. The van der Waals surface area contributed by atoms with Crippen molar-refractivity contribution in [1.29, 1.82) is 0 Å². The number of hydrogen-bond donors (Lipinski definition) is 2. The standard InChI is InChI=1S/C10H14N2O/c1-8(12-11-2)9-4-6-10(13-3)7-5-9/h4-7,11-12H,1H2,2-3H3. The molecule has 13 heavy (non-hydrogen) atoms. The smallest absolute Gasteiger partial charge is 0.118 e. The summed E-state index contributed by atoms with van der Waals surface area (Å²) < 4.78 is 5.04. The van der Waals surface area contributed by atoms with Crippen LogP contribution in [0, 0.1) is 0 Å². The van der Waals surface area contributed by atoms with E-state index in [0.29, 0.717) is 0 Å². The molecule has 0 spiro atoms. The van der Waals surface area contributed by atoms with Crippen LogP contribution in [0.25, 0.3) is 5.70 Å². The molecule has 0 aliphatic heterocycles. The Bertz CT molecular complexity index is 279. The number of benzene rings is 1. The summed E-state index contributed by atoms with van der Waals surface area (Å²) in [4.78, 5) is 0. The third-order valence-electron chi connectivity index (χ3n) is 1.71. The van der Waals surface area contributed by atoms with E-state index in [1.807, 2.05) is 24.3 Å². The predicted octanol–water partition coefficient (Wildman–Crippen LogP) is 1.39. The Labute approximate surface area is 78.4 Å². The van der Waals surface area contributed by atoms with Gasteiger partial charge in [-0.2, -0.15) is 0 Å². The molecule has 0 radical (unpaired) electrons. The van der Waals surface area contributed by atoms with Crippen molar-refractivity contribution in [3.63, 3.8) is 0 Å². The van der Waals surface area contributed by atoms with Gasteiger partial charge in [0, 0.05) is 12.7 Å². The topological polar surface area (TPSA) is 33.3 Å². The lowest BCUT2D eigenvalue weighted by atomic mass is 10.2. The predicted molar refractivity (Wildman–Crippen MR) is 54.2 cm³/mol. The molecule has 1 aromatic carbocycles. The zero-order valence-corrected chi connectivity index (χ0v) is 7.92. The average Bonchev–Trinajstić information content (AvgIpc) is 2.18. The monoisotopic (exact) mass is 178 g/mol. The van der Waals surface area contributed by atoms with Crippen LogP contribution < -0.4 is 15.6 Å². The van der Waals surface area contributed by atoms with Gasteiger partial charge in [-0.3, -0.25) is 0 Å². The first kappa shape index (κ1) is 9.61. The highest BCUT2D eigenvalue weighted by atomic mass is 16.5. The van der Waals surface area contributed by atoms with Gasteiger partial charge < -0.3 is 10.2 Å². The second-order valence-electron chi connectivity index (χ2n) is 2.58. The van der Waals surface area contributed by atoms with Gasteiger partial charge in [0.15, 0.2) is 0 Å². The van der Waals surface area contributed by atoms with E-state index in [9.17, 15) is 0 Å². The Morgan fingerprint density at radius 3 is 2.38 bits per heavy atom. The van der Waals surface area contributed by atoms with Crippen molar-refractivity contribution >= 4 is 5.70 Å². The molecule has 0 aromatic heterocycles. The molecule has 3 heteroatoms. The molecule has 0 fully saturated rings. The van der Waals surface area contributed by atoms with E-state index in [0.717, 1.165) is 17.0 Å². The summed E-state index contributed by atoms with van der Waals surface area (Å²) in [5, 5.41) is 0. The van der Waals surface area contributed by atoms with Gasteiger partial charge in [-0.15, -0.1) is 0 Å². The van der Waals surface area contributed by atoms with Crippen LogP contribution in [0.2, 0.25) is 0 Å². The molecule has 0 unspecified atom stereocenters. The average molecular weight is 178 g/mol. The lowest BCUT2D eigenvalue weighted by molar-refractivity contribution is 0.415. The Kier molecular flexibility index (Phi) is 3.34. The lowest BCUT2D eigenvalue weighted by Crippen LogP contribution is -2.25. The van der Waals surface area contributed by atoms with Gasteiger partial charge in [0.1, 0.15) is 5.75 Å². The van der Waals surface area contributed by atoms with E-state index in [1.165, 1.54) is 0 Å². The van der Waals surface area contributed by atoms with Gasteiger partial charge in [-0.05, 0) is 29.8 Å². The second kappa shape index (κ2) is 4.52. The third kappa shape index (κ3) is 2.49. The third-order valence-corrected chi connectivity index (χ3v) is 1.71. The molecule has 1 aromatic rings. The van der Waals surface area contributed by atoms with Gasteiger partial charge in [0.05, 0.1) is 7.11 Å². The Balaban J connectivity index is 2.74. The van der Waals surface area contributed by atoms with E-state index < -0.39 is 0 Å². The first-order valence-corrected chi connectivity index (χ1v) is 4.04. The molecule has 3 nitrogen and oxygen atoms in total. The first-order chi connectivity index (χ1) is 6.27. The van der Waals surface area contributed by atoms with Crippen LogP contribution in [0.3, 0.4) is 0 Å². The van der Waals surface area contributed by atoms with Crippen molar-refractivity contribution in [2.24, 2.45) is 0 Å². The maximum Gasteiger partial charge on any atom is 0.118 e. The number of hydrogen-bond acceptors (Lipinski definition) is 3. The second-order valence-corrected chi connectivity index (χ2v) is 2.58. The fourth-order valence-corrected chi connectivity index (χ4v) is 1.02. The fraction of sp³-hybridized carbons (Fsp3) is 0.200. The summed E-state index contributed by atoms with van der Waals surface area (Å²) in [6.45, 7) is 3.86. The highest BCUT2D eigenvalue weighted by Crippen LogP contribution is 2.14. The summed E-state index contributed by atoms with van der Waals surface area (Å²) in [7, 11) is 3.45. The van der Waals surface area contributed by atoms with E-state index >= 15 is 0 Å². The molecule has 0 saturated carbocycles. The molecule has 0 atom stereocenters. The van der Waals surface area contributed by atoms with E-state index in [-0.39, 0.29) is 0 Å². The molecule has 1 rings (SSSR count). The van der Waals surface area contributed by atoms with Crippen LogP contribution in [0.4, 0.5) is 0 Å². The Hall–Kier alpha value is -1.48. The molecule has 0 amide bonds. The van der Waals surface area contributed by atoms with Crippen LogP contribution in [0.5, 0.6) is 5.75 Å². The zero-order valence-electron chi connectivity index (χ0n) is 7.92. The van der Waals surface area contributed by atoms with Gasteiger partial charge in [0.2, 0.25) is 0 Å². The highest BCUT2D eigenvalue weighted by Gasteiger charge is 1.96. The van der Waals surface area contributed by atoms with Gasteiger partial charge in [-0.1, -0.05) is 6.58 Å². The Morgan fingerprint density at radius 1 is 1.31 bits per heavy atom. The molecule has 0 heterocycles. The van der Waals surface area contributed by atoms with Gasteiger partial charge >= 0.3 is 0 Å². The zero-order chi connectivity index (χ0) is 9.68. The maximum atomic E-state index is 5.04. The van der Waals surface area contributed by atoms with Crippen LogP contribution in [-0.2, 0) is 0 Å². The number of ether oxygens (including phenoxy) is 1. The van der Waals surface area contributed by atoms with Gasteiger partial charge in [0.25, 0.3) is 0 Å². The molecular formula is C10H14N2O. The van der Waals surface area contributed by atoms with Crippen LogP contribution >= 0.6 is 0 Å². The first-order valence-electron chi connectivity index (χ1n) is 4.04. The minimum absolute atomic E-state index is 0.838. The summed E-state index contributed by atoms with van der Waals surface area (Å²) in [5.74, 6) is 0.848. The minimum atomic E-state index is 0.838. The molecule has 2 N–H and O–H groups in total. The van der Waals surface area contributed by atoms with Crippen LogP contribution in [0.15, 0.2) is 30.8 Å². The van der Waals surface area contributed by atoms with E-state index in [2.05, 4.69) is 17.4 Å². The van der Waals surface area contributed by atoms with Gasteiger partial charge in [-0.25, -0.2) is 5.43 Å². The van der Waals surface area contributed by atoms with Crippen molar-refractivity contribution in [3.05, 3.63) is 36.4 Å². The molecular weight excluding hydrogens is 164 g/mol. The molecule has 0 aliphatic rings. The molecule has 70 valence electrons. The Morgan fingerprint density at radius 2 is 1.92 bits per heavy atom. The maximum absolute atomic E-state index is 5.04. The van der Waals surface area contributed by atoms with Crippen molar-refractivity contribution < 1.29 is 4.74 Å². The largest absolute Gasteiger partial charge is 0.497 e. The number of nitrogens with one attached hydrogen (secondary N) is 2. The molecule has 0 bridgehead atoms. The summed E-state index contributed by atoms with van der Waals surface area (Å²) in [5.41, 5.74) is 7.60. The van der Waals surface area contributed by atoms with Crippen LogP contribution in [-0.4, -0.2) is 14.2 Å². The summed E-state index contributed by atoms with van der Waals surface area (Å²) in [6, 6.07) is 7.70. The van der Waals surface area contributed by atoms with E-state index in [4.69, 9.17) is 4.74 Å². The van der Waals surface area contributed by atoms with Crippen LogP contribution in [0.1, 0.15) is 5.56 Å². The van der Waals surface area contributed by atoms with Crippen molar-refractivity contribution in [2.45, 2.75) is 0 Å². The van der Waals surface area contributed by atoms with Crippen molar-refractivity contribution in [2.75, 3.05) is 14.2 Å². The van der Waals surface area contributed by atoms with E-state index in [1.54, 1.807) is 14.2 Å². The lowest BCUT2D eigenvalue weighted by Gasteiger charge is -2.08. The summed E-state index contributed by atoms with van der Waals surface area (Å²) >= 11 is 0. The fourth-order valence-electron chi connectivity index (χ4n) is 1.02. The number of methoxy groups -OCH3 is 1. The number of hydrazine groups is 1. The highest BCUT2D eigenvalue weighted by molar-refractivity contribution is 5.61. The van der Waals surface area contributed by atoms with Crippen molar-refractivity contribution in [1.82, 2.24) is 10.9 Å². The SMILES string of the molecule is C=C(NNC)c1ccc(OC)cc1. The number of rotatable bonds is 4. The molecule has 0 saturated heterocycles. The summed E-state index contributed by atoms with van der Waals surface area (Å²) in [6.07, 6.45) is 0. The minimum Gasteiger partial charge on any atom is -0.497 e. The normalized spacial score (nSPS) is 9.38. The molecule has 0 aliphatic carbocycles.